The molecule has 7 nitrogen and oxygen atoms in total. The van der Waals surface area contributed by atoms with Crippen LogP contribution in [0.3, 0.4) is 0 Å². The molecule has 0 N–H and O–H groups in total. The van der Waals surface area contributed by atoms with Crippen LogP contribution in [-0.4, -0.2) is 31.3 Å². The minimum atomic E-state index is -3.98. The van der Waals surface area contributed by atoms with Gasteiger partial charge in [-0.25, -0.2) is 17.9 Å². The molecule has 164 valence electrons. The summed E-state index contributed by atoms with van der Waals surface area (Å²) in [7, 11) is -2.45. The van der Waals surface area contributed by atoms with Gasteiger partial charge in [0.25, 0.3) is 0 Å². The molecular formula is C23H26N2O5S. The summed E-state index contributed by atoms with van der Waals surface area (Å²) in [5.41, 5.74) is 0.834. The topological polar surface area (TPSA) is 87.5 Å². The predicted molar refractivity (Wildman–Crippen MR) is 117 cm³/mol. The Morgan fingerprint density at radius 3 is 2.06 bits per heavy atom. The Morgan fingerprint density at radius 1 is 0.968 bits per heavy atom. The first-order chi connectivity index (χ1) is 14.4. The average Bonchev–Trinajstić information content (AvgIpc) is 3.05. The largest absolute Gasteiger partial charge is 0.497 e. The number of sulfone groups is 1. The molecule has 1 heterocycles. The van der Waals surface area contributed by atoms with Crippen molar-refractivity contribution in [3.05, 3.63) is 65.4 Å². The lowest BCUT2D eigenvalue weighted by atomic mass is 10.1. The number of carbonyl (C=O) groups is 1. The number of nitrogens with zero attached hydrogens (tertiary/aromatic N) is 2. The van der Waals surface area contributed by atoms with Gasteiger partial charge in [-0.1, -0.05) is 17.7 Å². The van der Waals surface area contributed by atoms with Gasteiger partial charge in [-0.2, -0.15) is 5.10 Å². The summed E-state index contributed by atoms with van der Waals surface area (Å²) >= 11 is 0. The van der Waals surface area contributed by atoms with E-state index in [1.54, 1.807) is 43.3 Å². The van der Waals surface area contributed by atoms with Crippen molar-refractivity contribution in [2.45, 2.75) is 49.9 Å². The fourth-order valence-electron chi connectivity index (χ4n) is 3.05. The Labute approximate surface area is 182 Å². The van der Waals surface area contributed by atoms with Gasteiger partial charge in [0.1, 0.15) is 5.75 Å². The summed E-state index contributed by atoms with van der Waals surface area (Å²) in [6.07, 6.45) is 0. The maximum Gasteiger partial charge on any atom is 0.344 e. The summed E-state index contributed by atoms with van der Waals surface area (Å²) in [5, 5.41) is 4.41. The Morgan fingerprint density at radius 2 is 1.55 bits per heavy atom. The van der Waals surface area contributed by atoms with Gasteiger partial charge in [-0.15, -0.1) is 0 Å². The molecule has 0 bridgehead atoms. The van der Waals surface area contributed by atoms with E-state index in [9.17, 15) is 13.2 Å². The predicted octanol–water partition coefficient (Wildman–Crippen LogP) is 4.32. The minimum Gasteiger partial charge on any atom is -0.497 e. The van der Waals surface area contributed by atoms with Gasteiger partial charge in [0.05, 0.1) is 28.8 Å². The quantitative estimate of drug-likeness (QED) is 0.547. The zero-order valence-corrected chi connectivity index (χ0v) is 19.3. The van der Waals surface area contributed by atoms with Crippen molar-refractivity contribution in [1.29, 1.82) is 0 Å². The lowest BCUT2D eigenvalue weighted by Gasteiger charge is -2.22. The molecule has 0 spiro atoms. The number of aryl methyl sites for hydroxylation is 2. The molecule has 0 unspecified atom stereocenters. The van der Waals surface area contributed by atoms with E-state index >= 15 is 0 Å². The van der Waals surface area contributed by atoms with E-state index in [1.165, 1.54) is 23.9 Å². The molecule has 0 aliphatic carbocycles. The third-order valence-electron chi connectivity index (χ3n) is 4.72. The first kappa shape index (κ1) is 22.6. The molecule has 2 aromatic carbocycles. The highest BCUT2D eigenvalue weighted by Gasteiger charge is 2.34. The van der Waals surface area contributed by atoms with Gasteiger partial charge >= 0.3 is 5.97 Å². The maximum absolute atomic E-state index is 13.5. The summed E-state index contributed by atoms with van der Waals surface area (Å²) < 4.78 is 39.1. The van der Waals surface area contributed by atoms with Crippen molar-refractivity contribution in [1.82, 2.24) is 9.78 Å². The van der Waals surface area contributed by atoms with Gasteiger partial charge in [0, 0.05) is 0 Å². The molecule has 0 atom stereocenters. The zero-order chi connectivity index (χ0) is 23.0. The second-order valence-electron chi connectivity index (χ2n) is 8.24. The lowest BCUT2D eigenvalue weighted by molar-refractivity contribution is 0.0703. The highest BCUT2D eigenvalue weighted by molar-refractivity contribution is 7.91. The highest BCUT2D eigenvalue weighted by Crippen LogP contribution is 2.36. The van der Waals surface area contributed by atoms with E-state index in [1.807, 2.05) is 27.7 Å². The molecule has 31 heavy (non-hydrogen) atoms. The maximum atomic E-state index is 13.5. The van der Waals surface area contributed by atoms with Crippen molar-refractivity contribution < 1.29 is 22.7 Å². The number of hydrogen-bond acceptors (Lipinski definition) is 6. The van der Waals surface area contributed by atoms with Crippen LogP contribution in [0.25, 0.3) is 0 Å². The Balaban J connectivity index is 2.13. The van der Waals surface area contributed by atoms with Crippen LogP contribution in [0, 0.1) is 13.8 Å². The van der Waals surface area contributed by atoms with E-state index < -0.39 is 21.3 Å². The number of methoxy groups -OCH3 is 1. The van der Waals surface area contributed by atoms with Gasteiger partial charge in [0.2, 0.25) is 15.7 Å². The fourth-order valence-corrected chi connectivity index (χ4v) is 4.57. The van der Waals surface area contributed by atoms with Crippen LogP contribution in [0.2, 0.25) is 0 Å². The summed E-state index contributed by atoms with van der Waals surface area (Å²) in [5.74, 6) is -0.199. The zero-order valence-electron chi connectivity index (χ0n) is 18.5. The molecule has 0 aliphatic rings. The van der Waals surface area contributed by atoms with E-state index in [-0.39, 0.29) is 26.9 Å². The number of ether oxygens (including phenoxy) is 2. The number of esters is 1. The van der Waals surface area contributed by atoms with E-state index in [4.69, 9.17) is 9.47 Å². The number of benzene rings is 2. The second kappa shape index (κ2) is 8.19. The number of aromatic nitrogens is 2. The molecule has 0 radical (unpaired) electrons. The smallest absolute Gasteiger partial charge is 0.344 e. The van der Waals surface area contributed by atoms with Crippen molar-refractivity contribution in [3.8, 4) is 11.6 Å². The molecule has 8 heteroatoms. The van der Waals surface area contributed by atoms with Crippen molar-refractivity contribution in [3.63, 3.8) is 0 Å². The Kier molecular flexibility index (Phi) is 5.96. The number of hydrogen-bond donors (Lipinski definition) is 0. The van der Waals surface area contributed by atoms with Gasteiger partial charge in [-0.05, 0) is 71.0 Å². The van der Waals surface area contributed by atoms with Gasteiger partial charge in [-0.3, -0.25) is 0 Å². The monoisotopic (exact) mass is 442 g/mol. The third kappa shape index (κ3) is 4.49. The SMILES string of the molecule is COc1ccc(C(=O)Oc2c(S(=O)(=O)c3ccc(C)cc3)c(C)nn2C(C)(C)C)cc1. The molecule has 0 aliphatic heterocycles. The van der Waals surface area contributed by atoms with Crippen LogP contribution >= 0.6 is 0 Å². The first-order valence-corrected chi connectivity index (χ1v) is 11.2. The van der Waals surface area contributed by atoms with Crippen LogP contribution in [0.1, 0.15) is 42.4 Å². The molecular weight excluding hydrogens is 416 g/mol. The first-order valence-electron chi connectivity index (χ1n) is 9.73. The molecule has 3 rings (SSSR count). The third-order valence-corrected chi connectivity index (χ3v) is 6.62. The number of carbonyl (C=O) groups excluding carboxylic acids is 1. The lowest BCUT2D eigenvalue weighted by Crippen LogP contribution is -2.26. The van der Waals surface area contributed by atoms with Crippen LogP contribution in [0.15, 0.2) is 58.3 Å². The van der Waals surface area contributed by atoms with Crippen LogP contribution in [0.5, 0.6) is 11.6 Å². The van der Waals surface area contributed by atoms with Crippen molar-refractivity contribution >= 4 is 15.8 Å². The van der Waals surface area contributed by atoms with E-state index in [2.05, 4.69) is 5.10 Å². The molecule has 1 aromatic heterocycles. The van der Waals surface area contributed by atoms with Crippen molar-refractivity contribution in [2.24, 2.45) is 0 Å². The van der Waals surface area contributed by atoms with Crippen LogP contribution < -0.4 is 9.47 Å². The Hall–Kier alpha value is -3.13. The minimum absolute atomic E-state index is 0.105. The molecule has 0 amide bonds. The highest BCUT2D eigenvalue weighted by atomic mass is 32.2. The normalized spacial score (nSPS) is 11.9. The standard InChI is InChI=1S/C23H26N2O5S/c1-15-7-13-19(14-8-15)31(27,28)20-16(2)24-25(23(3,4)5)21(20)30-22(26)17-9-11-18(29-6)12-10-17/h7-14H,1-6H3. The van der Waals surface area contributed by atoms with Crippen molar-refractivity contribution in [2.75, 3.05) is 7.11 Å². The average molecular weight is 443 g/mol. The van der Waals surface area contributed by atoms with Gasteiger partial charge < -0.3 is 9.47 Å². The van der Waals surface area contributed by atoms with Crippen LogP contribution in [-0.2, 0) is 15.4 Å². The van der Waals surface area contributed by atoms with E-state index in [0.717, 1.165) is 5.56 Å². The van der Waals surface area contributed by atoms with Crippen LogP contribution in [0.4, 0.5) is 0 Å². The molecule has 0 saturated heterocycles. The molecule has 0 fully saturated rings. The summed E-state index contributed by atoms with van der Waals surface area (Å²) in [6, 6.07) is 12.9. The second-order valence-corrected chi connectivity index (χ2v) is 10.1. The molecule has 0 saturated carbocycles. The van der Waals surface area contributed by atoms with Gasteiger partial charge in [0.15, 0.2) is 4.90 Å². The van der Waals surface area contributed by atoms with E-state index in [0.29, 0.717) is 5.75 Å². The number of rotatable bonds is 5. The molecule has 3 aromatic rings. The Bertz CT molecular complexity index is 1200. The fraction of sp³-hybridized carbons (Fsp3) is 0.304. The summed E-state index contributed by atoms with van der Waals surface area (Å²) in [6.45, 7) is 9.03. The summed E-state index contributed by atoms with van der Waals surface area (Å²) in [4.78, 5) is 12.9.